The van der Waals surface area contributed by atoms with Gasteiger partial charge in [0, 0.05) is 19.5 Å². The molecule has 2 aliphatic rings. The maximum atomic E-state index is 12.3. The van der Waals surface area contributed by atoms with Gasteiger partial charge in [-0.1, -0.05) is 6.92 Å². The predicted octanol–water partition coefficient (Wildman–Crippen LogP) is 1.37. The number of hydrogen-bond acceptors (Lipinski definition) is 3. The monoisotopic (exact) mass is 268 g/mol. The van der Waals surface area contributed by atoms with Crippen molar-refractivity contribution in [1.29, 1.82) is 0 Å². The smallest absolute Gasteiger partial charge is 0.222 e. The van der Waals surface area contributed by atoms with Gasteiger partial charge < -0.3 is 15.7 Å². The molecule has 1 aliphatic carbocycles. The van der Waals surface area contributed by atoms with Crippen LogP contribution in [0.25, 0.3) is 0 Å². The van der Waals surface area contributed by atoms with E-state index in [9.17, 15) is 9.90 Å². The minimum Gasteiger partial charge on any atom is -0.391 e. The number of piperidine rings is 1. The van der Waals surface area contributed by atoms with Crippen LogP contribution in [0.1, 0.15) is 45.4 Å². The van der Waals surface area contributed by atoms with Crippen molar-refractivity contribution in [3.63, 3.8) is 0 Å². The normalized spacial score (nSPS) is 36.3. The Labute approximate surface area is 116 Å². The number of likely N-dealkylation sites (tertiary alicyclic amines) is 1. The second-order valence-corrected chi connectivity index (χ2v) is 6.50. The van der Waals surface area contributed by atoms with Crippen LogP contribution in [-0.4, -0.2) is 41.7 Å². The summed E-state index contributed by atoms with van der Waals surface area (Å²) in [6.45, 7) is 4.19. The summed E-state index contributed by atoms with van der Waals surface area (Å²) in [6, 6.07) is 0. The van der Waals surface area contributed by atoms with E-state index in [2.05, 4.69) is 6.92 Å². The van der Waals surface area contributed by atoms with Gasteiger partial charge in [0.25, 0.3) is 0 Å². The first-order valence-electron chi connectivity index (χ1n) is 7.76. The first kappa shape index (κ1) is 14.8. The van der Waals surface area contributed by atoms with Gasteiger partial charge in [0.15, 0.2) is 0 Å². The van der Waals surface area contributed by atoms with Crippen LogP contribution in [0.4, 0.5) is 0 Å². The lowest BCUT2D eigenvalue weighted by molar-refractivity contribution is -0.136. The summed E-state index contributed by atoms with van der Waals surface area (Å²) < 4.78 is 0. The Morgan fingerprint density at radius 2 is 1.84 bits per heavy atom. The van der Waals surface area contributed by atoms with E-state index >= 15 is 0 Å². The molecule has 0 spiro atoms. The summed E-state index contributed by atoms with van der Waals surface area (Å²) in [5.74, 6) is 1.77. The van der Waals surface area contributed by atoms with E-state index in [0.29, 0.717) is 30.7 Å². The molecule has 1 saturated heterocycles. The minimum atomic E-state index is -0.342. The van der Waals surface area contributed by atoms with Crippen LogP contribution in [0, 0.1) is 17.8 Å². The molecular weight excluding hydrogens is 240 g/mol. The number of amides is 1. The van der Waals surface area contributed by atoms with Gasteiger partial charge in [-0.3, -0.25) is 4.79 Å². The van der Waals surface area contributed by atoms with E-state index in [4.69, 9.17) is 5.73 Å². The SMILES string of the molecule is CC1CCN(C(=O)CC2CCC(CN)CC2)CC1O. The number of aliphatic hydroxyl groups is 1. The Kier molecular flexibility index (Phi) is 5.22. The molecule has 4 nitrogen and oxygen atoms in total. The average Bonchev–Trinajstić information content (AvgIpc) is 2.42. The number of nitrogens with two attached hydrogens (primary N) is 1. The summed E-state index contributed by atoms with van der Waals surface area (Å²) in [7, 11) is 0. The van der Waals surface area contributed by atoms with Crippen molar-refractivity contribution in [2.24, 2.45) is 23.5 Å². The zero-order valence-corrected chi connectivity index (χ0v) is 12.1. The molecule has 0 aromatic carbocycles. The molecule has 1 amide bonds. The quantitative estimate of drug-likeness (QED) is 0.812. The lowest BCUT2D eigenvalue weighted by Gasteiger charge is -2.36. The van der Waals surface area contributed by atoms with Crippen LogP contribution < -0.4 is 5.73 Å². The van der Waals surface area contributed by atoms with Gasteiger partial charge >= 0.3 is 0 Å². The lowest BCUT2D eigenvalue weighted by Crippen LogP contribution is -2.46. The van der Waals surface area contributed by atoms with Crippen LogP contribution in [0.15, 0.2) is 0 Å². The maximum absolute atomic E-state index is 12.3. The Bertz CT molecular complexity index is 301. The molecule has 1 saturated carbocycles. The zero-order valence-electron chi connectivity index (χ0n) is 12.1. The summed E-state index contributed by atoms with van der Waals surface area (Å²) in [5, 5.41) is 9.86. The van der Waals surface area contributed by atoms with Crippen LogP contribution in [0.5, 0.6) is 0 Å². The number of hydrogen-bond donors (Lipinski definition) is 2. The van der Waals surface area contributed by atoms with Crippen molar-refractivity contribution in [2.75, 3.05) is 19.6 Å². The maximum Gasteiger partial charge on any atom is 0.222 e. The predicted molar refractivity (Wildman–Crippen MR) is 75.5 cm³/mol. The fourth-order valence-electron chi connectivity index (χ4n) is 3.32. The summed E-state index contributed by atoms with van der Waals surface area (Å²) in [4.78, 5) is 14.1. The molecule has 0 aromatic heterocycles. The third kappa shape index (κ3) is 3.93. The number of rotatable bonds is 3. The molecule has 2 fully saturated rings. The molecule has 1 heterocycles. The number of aliphatic hydroxyl groups excluding tert-OH is 1. The number of carbonyl (C=O) groups excluding carboxylic acids is 1. The fraction of sp³-hybridized carbons (Fsp3) is 0.933. The first-order chi connectivity index (χ1) is 9.10. The highest BCUT2D eigenvalue weighted by Gasteiger charge is 2.29. The van der Waals surface area contributed by atoms with E-state index in [1.54, 1.807) is 0 Å². The second-order valence-electron chi connectivity index (χ2n) is 6.50. The largest absolute Gasteiger partial charge is 0.391 e. The lowest BCUT2D eigenvalue weighted by atomic mass is 9.80. The van der Waals surface area contributed by atoms with Crippen LogP contribution in [-0.2, 0) is 4.79 Å². The van der Waals surface area contributed by atoms with Gasteiger partial charge in [0.1, 0.15) is 0 Å². The molecule has 0 bridgehead atoms. The number of carbonyl (C=O) groups is 1. The molecule has 110 valence electrons. The summed E-state index contributed by atoms with van der Waals surface area (Å²) in [5.41, 5.74) is 5.69. The van der Waals surface area contributed by atoms with Crippen molar-refractivity contribution in [1.82, 2.24) is 4.90 Å². The molecule has 3 N–H and O–H groups in total. The van der Waals surface area contributed by atoms with Gasteiger partial charge in [-0.15, -0.1) is 0 Å². The van der Waals surface area contributed by atoms with Crippen molar-refractivity contribution in [2.45, 2.75) is 51.6 Å². The fourth-order valence-corrected chi connectivity index (χ4v) is 3.32. The third-order valence-corrected chi connectivity index (χ3v) is 5.03. The van der Waals surface area contributed by atoms with Crippen LogP contribution in [0.2, 0.25) is 0 Å². The van der Waals surface area contributed by atoms with Gasteiger partial charge in [-0.05, 0) is 56.4 Å². The van der Waals surface area contributed by atoms with E-state index in [1.807, 2.05) is 4.90 Å². The standard InChI is InChI=1S/C15H28N2O2/c1-11-6-7-17(10-14(11)18)15(19)8-12-2-4-13(9-16)5-3-12/h11-14,18H,2-10,16H2,1H3. The summed E-state index contributed by atoms with van der Waals surface area (Å²) in [6.07, 6.45) is 5.87. The van der Waals surface area contributed by atoms with Crippen molar-refractivity contribution < 1.29 is 9.90 Å². The van der Waals surface area contributed by atoms with Crippen molar-refractivity contribution in [3.05, 3.63) is 0 Å². The van der Waals surface area contributed by atoms with Gasteiger partial charge in [-0.25, -0.2) is 0 Å². The Morgan fingerprint density at radius 3 is 2.42 bits per heavy atom. The Morgan fingerprint density at radius 1 is 1.21 bits per heavy atom. The highest BCUT2D eigenvalue weighted by Crippen LogP contribution is 2.31. The van der Waals surface area contributed by atoms with E-state index in [0.717, 1.165) is 32.4 Å². The van der Waals surface area contributed by atoms with Crippen molar-refractivity contribution >= 4 is 5.91 Å². The van der Waals surface area contributed by atoms with Gasteiger partial charge in [0.05, 0.1) is 6.10 Å². The van der Waals surface area contributed by atoms with Gasteiger partial charge in [0.2, 0.25) is 5.91 Å². The molecule has 19 heavy (non-hydrogen) atoms. The molecule has 2 rings (SSSR count). The van der Waals surface area contributed by atoms with Crippen LogP contribution >= 0.6 is 0 Å². The van der Waals surface area contributed by atoms with Gasteiger partial charge in [-0.2, -0.15) is 0 Å². The average molecular weight is 268 g/mol. The molecule has 1 aliphatic heterocycles. The number of β-amino-alcohol motifs (C(OH)–C–C–N with tert-alkyl or cyclic N) is 1. The third-order valence-electron chi connectivity index (χ3n) is 5.03. The molecule has 2 unspecified atom stereocenters. The molecule has 4 heteroatoms. The highest BCUT2D eigenvalue weighted by atomic mass is 16.3. The highest BCUT2D eigenvalue weighted by molar-refractivity contribution is 5.76. The minimum absolute atomic E-state index is 0.238. The summed E-state index contributed by atoms with van der Waals surface area (Å²) >= 11 is 0. The van der Waals surface area contributed by atoms with E-state index in [-0.39, 0.29) is 12.0 Å². The Balaban J connectivity index is 1.75. The molecule has 2 atom stereocenters. The molecule has 0 aromatic rings. The molecular formula is C15H28N2O2. The first-order valence-corrected chi connectivity index (χ1v) is 7.76. The second kappa shape index (κ2) is 6.71. The molecule has 0 radical (unpaired) electrons. The van der Waals surface area contributed by atoms with E-state index < -0.39 is 0 Å². The Hall–Kier alpha value is -0.610. The zero-order chi connectivity index (χ0) is 13.8. The topological polar surface area (TPSA) is 66.6 Å². The van der Waals surface area contributed by atoms with Crippen LogP contribution in [0.3, 0.4) is 0 Å². The van der Waals surface area contributed by atoms with E-state index in [1.165, 1.54) is 12.8 Å². The number of nitrogens with zero attached hydrogens (tertiary/aromatic N) is 1. The van der Waals surface area contributed by atoms with Crippen molar-refractivity contribution in [3.8, 4) is 0 Å².